The van der Waals surface area contributed by atoms with Gasteiger partial charge in [0.2, 0.25) is 0 Å². The fourth-order valence-electron chi connectivity index (χ4n) is 3.98. The zero-order valence-corrected chi connectivity index (χ0v) is 19.7. The molecule has 2 amide bonds. The minimum Gasteiger partial charge on any atom is -0.485 e. The van der Waals surface area contributed by atoms with Gasteiger partial charge in [0.05, 0.1) is 22.9 Å². The van der Waals surface area contributed by atoms with Gasteiger partial charge in [0.25, 0.3) is 11.8 Å². The minimum atomic E-state index is -3.56. The monoisotopic (exact) mass is 518 g/mol. The van der Waals surface area contributed by atoms with Crippen LogP contribution in [0.25, 0.3) is 5.65 Å². The highest BCUT2D eigenvalue weighted by molar-refractivity contribution is 5.96. The summed E-state index contributed by atoms with van der Waals surface area (Å²) >= 11 is 0. The average molecular weight is 518 g/mol. The molecular formula is C25H22F4N4O4. The molecule has 3 aromatic rings. The van der Waals surface area contributed by atoms with Crippen molar-refractivity contribution in [1.29, 1.82) is 0 Å². The summed E-state index contributed by atoms with van der Waals surface area (Å²) in [5, 5.41) is 12.9. The van der Waals surface area contributed by atoms with E-state index >= 15 is 0 Å². The molecule has 0 saturated heterocycles. The maximum atomic E-state index is 15.0. The molecule has 37 heavy (non-hydrogen) atoms. The van der Waals surface area contributed by atoms with Crippen LogP contribution in [-0.4, -0.2) is 39.0 Å². The van der Waals surface area contributed by atoms with Crippen LogP contribution in [0.5, 0.6) is 5.75 Å². The van der Waals surface area contributed by atoms with Crippen molar-refractivity contribution in [2.75, 3.05) is 6.54 Å². The third-order valence-electron chi connectivity index (χ3n) is 5.80. The van der Waals surface area contributed by atoms with Gasteiger partial charge >= 0.3 is 6.09 Å². The Morgan fingerprint density at radius 3 is 2.59 bits per heavy atom. The van der Waals surface area contributed by atoms with Gasteiger partial charge in [-0.05, 0) is 43.7 Å². The van der Waals surface area contributed by atoms with Crippen LogP contribution < -0.4 is 15.4 Å². The Kier molecular flexibility index (Phi) is 6.92. The minimum absolute atomic E-state index is 0.0490. The van der Waals surface area contributed by atoms with Crippen molar-refractivity contribution in [1.82, 2.24) is 20.0 Å². The molecule has 4 rings (SSSR count). The first-order valence-electron chi connectivity index (χ1n) is 11.1. The number of fused-ring (bicyclic) bond motifs is 1. The number of carbonyl (C=O) groups excluding carboxylic acids is 1. The first-order chi connectivity index (χ1) is 17.5. The predicted octanol–water partition coefficient (Wildman–Crippen LogP) is 4.51. The van der Waals surface area contributed by atoms with Gasteiger partial charge in [-0.1, -0.05) is 18.2 Å². The predicted molar refractivity (Wildman–Crippen MR) is 125 cm³/mol. The molecule has 8 nitrogen and oxygen atoms in total. The number of allylic oxidation sites excluding steroid dienone is 3. The van der Waals surface area contributed by atoms with Crippen LogP contribution in [0.1, 0.15) is 27.3 Å². The molecule has 1 aromatic carbocycles. The van der Waals surface area contributed by atoms with Gasteiger partial charge in [0.15, 0.2) is 11.4 Å². The molecule has 2 aromatic heterocycles. The summed E-state index contributed by atoms with van der Waals surface area (Å²) in [6, 6.07) is 5.00. The van der Waals surface area contributed by atoms with Crippen molar-refractivity contribution in [3.8, 4) is 5.75 Å². The summed E-state index contributed by atoms with van der Waals surface area (Å²) in [7, 11) is 0. The van der Waals surface area contributed by atoms with Crippen molar-refractivity contribution in [3.63, 3.8) is 0 Å². The molecule has 1 atom stereocenters. The van der Waals surface area contributed by atoms with E-state index in [2.05, 4.69) is 10.3 Å². The van der Waals surface area contributed by atoms with E-state index < -0.39 is 54.3 Å². The lowest BCUT2D eigenvalue weighted by atomic mass is 9.93. The molecule has 1 unspecified atom stereocenters. The fraction of sp³-hybridized carbons (Fsp3) is 0.240. The van der Waals surface area contributed by atoms with E-state index in [9.17, 15) is 27.2 Å². The van der Waals surface area contributed by atoms with E-state index in [1.807, 2.05) is 5.32 Å². The number of pyridine rings is 1. The molecule has 0 spiro atoms. The largest absolute Gasteiger partial charge is 0.485 e. The number of aryl methyl sites for hydroxylation is 2. The van der Waals surface area contributed by atoms with Crippen LogP contribution in [0, 0.1) is 31.4 Å². The lowest BCUT2D eigenvalue weighted by Gasteiger charge is -2.29. The highest BCUT2D eigenvalue weighted by atomic mass is 19.3. The molecule has 0 aliphatic heterocycles. The number of imidazole rings is 1. The van der Waals surface area contributed by atoms with Gasteiger partial charge in [0.1, 0.15) is 23.9 Å². The van der Waals surface area contributed by atoms with Crippen LogP contribution in [0.15, 0.2) is 54.4 Å². The van der Waals surface area contributed by atoms with Crippen molar-refractivity contribution in [2.24, 2.45) is 5.92 Å². The molecule has 194 valence electrons. The molecule has 0 saturated carbocycles. The number of amides is 2. The number of benzene rings is 1. The Labute approximate surface area is 208 Å². The summed E-state index contributed by atoms with van der Waals surface area (Å²) < 4.78 is 65.0. The quantitative estimate of drug-likeness (QED) is 0.399. The molecule has 0 radical (unpaired) electrons. The summed E-state index contributed by atoms with van der Waals surface area (Å²) in [6.45, 7) is 2.20. The highest BCUT2D eigenvalue weighted by Gasteiger charge is 2.44. The smallest absolute Gasteiger partial charge is 0.404 e. The molecule has 2 heterocycles. The number of carboxylic acid groups (broad SMARTS) is 1. The van der Waals surface area contributed by atoms with Gasteiger partial charge in [-0.3, -0.25) is 9.20 Å². The van der Waals surface area contributed by atoms with E-state index in [-0.39, 0.29) is 28.3 Å². The van der Waals surface area contributed by atoms with Crippen LogP contribution in [0.4, 0.5) is 22.4 Å². The third kappa shape index (κ3) is 5.13. The molecule has 1 aliphatic carbocycles. The summed E-state index contributed by atoms with van der Waals surface area (Å²) in [4.78, 5) is 28.2. The number of aromatic nitrogens is 2. The van der Waals surface area contributed by atoms with Crippen molar-refractivity contribution >= 4 is 17.6 Å². The second-order valence-electron chi connectivity index (χ2n) is 8.44. The van der Waals surface area contributed by atoms with E-state index in [0.29, 0.717) is 5.56 Å². The molecule has 0 bridgehead atoms. The molecule has 12 heteroatoms. The topological polar surface area (TPSA) is 105 Å². The second kappa shape index (κ2) is 9.96. The van der Waals surface area contributed by atoms with E-state index in [1.165, 1.54) is 23.5 Å². The normalized spacial score (nSPS) is 16.4. The maximum absolute atomic E-state index is 15.0. The van der Waals surface area contributed by atoms with Crippen LogP contribution in [-0.2, 0) is 6.61 Å². The first-order valence-corrected chi connectivity index (χ1v) is 11.1. The SMILES string of the molecule is Cc1cc(OCc2c(F)cccc2F)c2nc(C)c(C(=O)NC3=CC=CC(CNC(=O)O)C3(F)F)n2c1. The summed E-state index contributed by atoms with van der Waals surface area (Å²) in [5.41, 5.74) is -0.0808. The van der Waals surface area contributed by atoms with E-state index in [1.54, 1.807) is 19.2 Å². The zero-order chi connectivity index (χ0) is 26.9. The Balaban J connectivity index is 1.62. The highest BCUT2D eigenvalue weighted by Crippen LogP contribution is 2.35. The van der Waals surface area contributed by atoms with Gasteiger partial charge in [-0.2, -0.15) is 8.78 Å². The number of carbonyl (C=O) groups is 2. The Bertz CT molecular complexity index is 1430. The number of hydrogen-bond donors (Lipinski definition) is 3. The zero-order valence-electron chi connectivity index (χ0n) is 19.7. The van der Waals surface area contributed by atoms with Gasteiger partial charge < -0.3 is 20.5 Å². The Morgan fingerprint density at radius 2 is 1.92 bits per heavy atom. The molecule has 1 aliphatic rings. The van der Waals surface area contributed by atoms with E-state index in [0.717, 1.165) is 24.3 Å². The number of ether oxygens (including phenoxy) is 1. The lowest BCUT2D eigenvalue weighted by Crippen LogP contribution is -2.44. The maximum Gasteiger partial charge on any atom is 0.404 e. The van der Waals surface area contributed by atoms with Crippen LogP contribution in [0.2, 0.25) is 0 Å². The van der Waals surface area contributed by atoms with Crippen molar-refractivity contribution in [3.05, 3.63) is 88.5 Å². The van der Waals surface area contributed by atoms with E-state index in [4.69, 9.17) is 9.84 Å². The van der Waals surface area contributed by atoms with Crippen LogP contribution in [0.3, 0.4) is 0 Å². The Morgan fingerprint density at radius 1 is 1.22 bits per heavy atom. The van der Waals surface area contributed by atoms with Crippen molar-refractivity contribution in [2.45, 2.75) is 26.4 Å². The number of nitrogens with one attached hydrogen (secondary N) is 2. The van der Waals surface area contributed by atoms with Gasteiger partial charge in [0, 0.05) is 12.7 Å². The van der Waals surface area contributed by atoms with Gasteiger partial charge in [-0.15, -0.1) is 0 Å². The fourth-order valence-corrected chi connectivity index (χ4v) is 3.98. The number of hydrogen-bond acceptors (Lipinski definition) is 4. The number of nitrogens with zero attached hydrogens (tertiary/aromatic N) is 2. The summed E-state index contributed by atoms with van der Waals surface area (Å²) in [5.74, 6) is -7.38. The average Bonchev–Trinajstić information content (AvgIpc) is 3.14. The Hall–Kier alpha value is -4.35. The molecule has 0 fully saturated rings. The second-order valence-corrected chi connectivity index (χ2v) is 8.44. The standard InChI is InChI=1S/C25H22F4N4O4/c1-13-9-19(37-12-16-17(26)6-4-7-18(16)27)22-31-14(2)21(33(22)11-13)23(34)32-20-8-3-5-15(25(20,28)29)10-30-24(35)36/h3-9,11,15,30H,10,12H2,1-2H3,(H,32,34)(H,35,36). The number of alkyl halides is 2. The number of rotatable bonds is 7. The number of halogens is 4. The third-order valence-corrected chi connectivity index (χ3v) is 5.80. The summed E-state index contributed by atoms with van der Waals surface area (Å²) in [6.07, 6.45) is 3.60. The molecule has 3 N–H and O–H groups in total. The van der Waals surface area contributed by atoms with Crippen LogP contribution >= 0.6 is 0 Å². The first kappa shape index (κ1) is 25.7. The van der Waals surface area contributed by atoms with Gasteiger partial charge in [-0.25, -0.2) is 18.6 Å². The lowest BCUT2D eigenvalue weighted by molar-refractivity contribution is -0.00878. The van der Waals surface area contributed by atoms with Crippen molar-refractivity contribution < 1.29 is 37.0 Å². The molecular weight excluding hydrogens is 496 g/mol.